The van der Waals surface area contributed by atoms with Crippen molar-refractivity contribution in [3.8, 4) is 0 Å². The number of carboxylic acid groups (broad SMARTS) is 1. The Hall–Kier alpha value is -3.39. The number of H-pyrrole nitrogens is 1. The largest absolute Gasteiger partial charge is 0.477 e. The van der Waals surface area contributed by atoms with Crippen molar-refractivity contribution in [3.05, 3.63) is 70.1 Å². The number of hydrogen-bond donors (Lipinski definition) is 3. The van der Waals surface area contributed by atoms with E-state index in [-0.39, 0.29) is 23.8 Å². The van der Waals surface area contributed by atoms with E-state index in [1.54, 1.807) is 18.2 Å². The zero-order chi connectivity index (χ0) is 24.2. The van der Waals surface area contributed by atoms with Crippen LogP contribution >= 0.6 is 11.6 Å². The second-order valence-electron chi connectivity index (χ2n) is 8.56. The number of carbonyl (C=O) groups is 3. The SMILES string of the molecule is O=CN(Cc1ccc(F)cc1)C(C(=O)NC1CCCCC1)c1c(C(=O)O)[nH]c2cc(Cl)ccc12. The fraction of sp³-hybridized carbons (Fsp3) is 0.320. The molecule has 178 valence electrons. The van der Waals surface area contributed by atoms with Gasteiger partial charge in [-0.3, -0.25) is 9.59 Å². The van der Waals surface area contributed by atoms with Crippen molar-refractivity contribution in [2.24, 2.45) is 0 Å². The van der Waals surface area contributed by atoms with E-state index < -0.39 is 23.7 Å². The maximum Gasteiger partial charge on any atom is 0.352 e. The van der Waals surface area contributed by atoms with E-state index in [0.717, 1.165) is 32.1 Å². The minimum Gasteiger partial charge on any atom is -0.477 e. The lowest BCUT2D eigenvalue weighted by atomic mass is 9.94. The summed E-state index contributed by atoms with van der Waals surface area (Å²) >= 11 is 6.10. The molecule has 0 radical (unpaired) electrons. The summed E-state index contributed by atoms with van der Waals surface area (Å²) < 4.78 is 13.4. The number of amides is 2. The number of carboxylic acids is 1. The predicted octanol–water partition coefficient (Wildman–Crippen LogP) is 4.81. The Morgan fingerprint density at radius 3 is 2.53 bits per heavy atom. The van der Waals surface area contributed by atoms with Crippen molar-refractivity contribution in [3.63, 3.8) is 0 Å². The zero-order valence-corrected chi connectivity index (χ0v) is 19.1. The summed E-state index contributed by atoms with van der Waals surface area (Å²) in [5.41, 5.74) is 1.04. The number of hydrogen-bond acceptors (Lipinski definition) is 3. The number of halogens is 2. The van der Waals surface area contributed by atoms with Crippen LogP contribution in [0.15, 0.2) is 42.5 Å². The second-order valence-corrected chi connectivity index (χ2v) is 9.00. The highest BCUT2D eigenvalue weighted by molar-refractivity contribution is 6.31. The van der Waals surface area contributed by atoms with Crippen LogP contribution in [0.2, 0.25) is 5.02 Å². The molecule has 9 heteroatoms. The number of aromatic nitrogens is 1. The molecular weight excluding hydrogens is 461 g/mol. The number of fused-ring (bicyclic) bond motifs is 1. The van der Waals surface area contributed by atoms with Crippen LogP contribution in [0.25, 0.3) is 10.9 Å². The Morgan fingerprint density at radius 2 is 1.88 bits per heavy atom. The van der Waals surface area contributed by atoms with Gasteiger partial charge in [0.15, 0.2) is 0 Å². The number of carbonyl (C=O) groups excluding carboxylic acids is 2. The second kappa shape index (κ2) is 10.3. The molecule has 3 aromatic rings. The molecule has 1 aliphatic carbocycles. The van der Waals surface area contributed by atoms with Gasteiger partial charge in [0.2, 0.25) is 12.3 Å². The molecule has 2 amide bonds. The van der Waals surface area contributed by atoms with Gasteiger partial charge in [-0.05, 0) is 42.7 Å². The molecule has 2 aromatic carbocycles. The third kappa shape index (κ3) is 5.07. The molecule has 1 fully saturated rings. The smallest absolute Gasteiger partial charge is 0.352 e. The predicted molar refractivity (Wildman–Crippen MR) is 126 cm³/mol. The lowest BCUT2D eigenvalue weighted by Gasteiger charge is -2.31. The Balaban J connectivity index is 1.80. The van der Waals surface area contributed by atoms with Crippen LogP contribution in [0, 0.1) is 5.82 Å². The lowest BCUT2D eigenvalue weighted by molar-refractivity contribution is -0.134. The summed E-state index contributed by atoms with van der Waals surface area (Å²) in [5, 5.41) is 13.8. The van der Waals surface area contributed by atoms with Gasteiger partial charge in [0, 0.05) is 34.1 Å². The molecule has 0 saturated heterocycles. The molecule has 1 heterocycles. The normalized spacial score (nSPS) is 15.1. The van der Waals surface area contributed by atoms with Crippen molar-refractivity contribution in [2.75, 3.05) is 0 Å². The fourth-order valence-electron chi connectivity index (χ4n) is 4.61. The number of aromatic amines is 1. The van der Waals surface area contributed by atoms with Crippen molar-refractivity contribution in [1.82, 2.24) is 15.2 Å². The molecule has 7 nitrogen and oxygen atoms in total. The summed E-state index contributed by atoms with van der Waals surface area (Å²) in [7, 11) is 0. The Kier molecular flexibility index (Phi) is 7.17. The molecule has 34 heavy (non-hydrogen) atoms. The first-order chi connectivity index (χ1) is 16.4. The highest BCUT2D eigenvalue weighted by Gasteiger charge is 2.35. The van der Waals surface area contributed by atoms with Crippen molar-refractivity contribution >= 4 is 40.8 Å². The number of rotatable bonds is 8. The molecule has 1 unspecified atom stereocenters. The Labute approximate surface area is 200 Å². The quantitative estimate of drug-likeness (QED) is 0.398. The van der Waals surface area contributed by atoms with Gasteiger partial charge in [-0.25, -0.2) is 9.18 Å². The van der Waals surface area contributed by atoms with Gasteiger partial charge in [-0.1, -0.05) is 49.1 Å². The molecule has 1 aromatic heterocycles. The molecule has 4 rings (SSSR count). The lowest BCUT2D eigenvalue weighted by Crippen LogP contribution is -2.45. The number of nitrogens with zero attached hydrogens (tertiary/aromatic N) is 1. The summed E-state index contributed by atoms with van der Waals surface area (Å²) in [5.74, 6) is -2.14. The first kappa shape index (κ1) is 23.8. The van der Waals surface area contributed by atoms with Crippen LogP contribution in [-0.2, 0) is 16.1 Å². The van der Waals surface area contributed by atoms with Gasteiger partial charge >= 0.3 is 5.97 Å². The fourth-order valence-corrected chi connectivity index (χ4v) is 4.78. The Bertz CT molecular complexity index is 1200. The zero-order valence-electron chi connectivity index (χ0n) is 18.4. The van der Waals surface area contributed by atoms with Gasteiger partial charge in [0.1, 0.15) is 17.6 Å². The third-order valence-electron chi connectivity index (χ3n) is 6.23. The van der Waals surface area contributed by atoms with E-state index in [1.807, 2.05) is 0 Å². The Morgan fingerprint density at radius 1 is 1.18 bits per heavy atom. The maximum absolute atomic E-state index is 13.6. The molecule has 1 saturated carbocycles. The van der Waals surface area contributed by atoms with Crippen molar-refractivity contribution in [2.45, 2.75) is 50.7 Å². The van der Waals surface area contributed by atoms with Crippen LogP contribution < -0.4 is 5.32 Å². The summed E-state index contributed by atoms with van der Waals surface area (Å²) in [6.45, 7) is -0.00808. The van der Waals surface area contributed by atoms with Crippen LogP contribution in [0.3, 0.4) is 0 Å². The molecule has 0 aliphatic heterocycles. The van der Waals surface area contributed by atoms with E-state index in [0.29, 0.717) is 27.9 Å². The van der Waals surface area contributed by atoms with E-state index >= 15 is 0 Å². The number of aromatic carboxylic acids is 1. The average molecular weight is 486 g/mol. The van der Waals surface area contributed by atoms with Crippen LogP contribution in [0.5, 0.6) is 0 Å². The first-order valence-corrected chi connectivity index (χ1v) is 11.6. The van der Waals surface area contributed by atoms with Crippen LogP contribution in [0.4, 0.5) is 4.39 Å². The van der Waals surface area contributed by atoms with Gasteiger partial charge in [0.05, 0.1) is 0 Å². The monoisotopic (exact) mass is 485 g/mol. The minimum atomic E-state index is -1.26. The number of nitrogens with one attached hydrogen (secondary N) is 2. The van der Waals surface area contributed by atoms with Crippen molar-refractivity contribution in [1.29, 1.82) is 0 Å². The first-order valence-electron chi connectivity index (χ1n) is 11.2. The standard InChI is InChI=1S/C25H25ClFN3O4/c26-16-8-11-19-20(12-16)29-22(25(33)34)21(19)23(24(32)28-18-4-2-1-3-5-18)30(14-31)13-15-6-9-17(27)10-7-15/h6-12,14,18,23,29H,1-5,13H2,(H,28,32)(H,33,34). The van der Waals surface area contributed by atoms with Gasteiger partial charge in [-0.2, -0.15) is 0 Å². The average Bonchev–Trinajstić information content (AvgIpc) is 3.19. The highest BCUT2D eigenvalue weighted by Crippen LogP contribution is 2.34. The molecular formula is C25H25ClFN3O4. The van der Waals surface area contributed by atoms with E-state index in [1.165, 1.54) is 29.2 Å². The van der Waals surface area contributed by atoms with Crippen LogP contribution in [0.1, 0.15) is 59.8 Å². The minimum absolute atomic E-state index is 0.00808. The van der Waals surface area contributed by atoms with Gasteiger partial charge in [0.25, 0.3) is 0 Å². The topological polar surface area (TPSA) is 102 Å². The van der Waals surface area contributed by atoms with Crippen molar-refractivity contribution < 1.29 is 23.9 Å². The number of benzene rings is 2. The van der Waals surface area contributed by atoms with Crippen LogP contribution in [-0.4, -0.2) is 39.3 Å². The third-order valence-corrected chi connectivity index (χ3v) is 6.47. The van der Waals surface area contributed by atoms with E-state index in [4.69, 9.17) is 11.6 Å². The molecule has 3 N–H and O–H groups in total. The van der Waals surface area contributed by atoms with Gasteiger partial charge in [-0.15, -0.1) is 0 Å². The highest BCUT2D eigenvalue weighted by atomic mass is 35.5. The van der Waals surface area contributed by atoms with E-state index in [2.05, 4.69) is 10.3 Å². The summed E-state index contributed by atoms with van der Waals surface area (Å²) in [4.78, 5) is 42.1. The van der Waals surface area contributed by atoms with Gasteiger partial charge < -0.3 is 20.3 Å². The molecule has 0 spiro atoms. The molecule has 1 aliphatic rings. The summed E-state index contributed by atoms with van der Waals surface area (Å²) in [6, 6.07) is 9.14. The molecule has 1 atom stereocenters. The maximum atomic E-state index is 13.6. The van der Waals surface area contributed by atoms with E-state index in [9.17, 15) is 23.9 Å². The molecule has 0 bridgehead atoms. The summed E-state index contributed by atoms with van der Waals surface area (Å²) in [6.07, 6.45) is 5.27.